The first-order valence-corrected chi connectivity index (χ1v) is 9.85. The van der Waals surface area contributed by atoms with Gasteiger partial charge in [0.2, 0.25) is 0 Å². The third kappa shape index (κ3) is 4.61. The molecule has 2 atom stereocenters. The summed E-state index contributed by atoms with van der Waals surface area (Å²) in [7, 11) is 4.18. The number of hydrogen-bond acceptors (Lipinski definition) is 3. The fourth-order valence-corrected chi connectivity index (χ4v) is 4.26. The van der Waals surface area contributed by atoms with Crippen molar-refractivity contribution in [2.24, 2.45) is 0 Å². The van der Waals surface area contributed by atoms with Crippen molar-refractivity contribution >= 4 is 17.4 Å². The standard InChI is InChI=1S/C20H27N3OS/c1-22(2)19(18-10-13-25-15-18)8-11-21-20(24)23-12-9-17(14-23)16-6-4-3-5-7-16/h3-7,10,13,15,17,19H,8-9,11-12,14H2,1-2H3,(H,21,24)/t17-,19-/m1/s1. The van der Waals surface area contributed by atoms with Crippen LogP contribution in [0.3, 0.4) is 0 Å². The Morgan fingerprint density at radius 2 is 2.12 bits per heavy atom. The normalized spacial score (nSPS) is 18.5. The Hall–Kier alpha value is -1.85. The molecule has 1 N–H and O–H groups in total. The van der Waals surface area contributed by atoms with Crippen LogP contribution in [0.1, 0.15) is 35.9 Å². The molecule has 1 aromatic heterocycles. The molecule has 1 aromatic carbocycles. The Bertz CT molecular complexity index is 657. The summed E-state index contributed by atoms with van der Waals surface area (Å²) in [5.74, 6) is 0.465. The fourth-order valence-electron chi connectivity index (χ4n) is 3.56. The molecule has 2 heterocycles. The second kappa shape index (κ2) is 8.50. The monoisotopic (exact) mass is 357 g/mol. The summed E-state index contributed by atoms with van der Waals surface area (Å²) in [6, 6.07) is 13.1. The van der Waals surface area contributed by atoms with Crippen LogP contribution in [0, 0.1) is 0 Å². The summed E-state index contributed by atoms with van der Waals surface area (Å²) in [5, 5.41) is 7.41. The molecule has 4 nitrogen and oxygen atoms in total. The van der Waals surface area contributed by atoms with Crippen LogP contribution in [-0.2, 0) is 0 Å². The van der Waals surface area contributed by atoms with Gasteiger partial charge in [0.1, 0.15) is 0 Å². The maximum absolute atomic E-state index is 12.5. The van der Waals surface area contributed by atoms with Gasteiger partial charge in [-0.1, -0.05) is 30.3 Å². The van der Waals surface area contributed by atoms with Crippen LogP contribution >= 0.6 is 11.3 Å². The van der Waals surface area contributed by atoms with E-state index in [4.69, 9.17) is 0 Å². The van der Waals surface area contributed by atoms with Gasteiger partial charge in [0.25, 0.3) is 0 Å². The van der Waals surface area contributed by atoms with Crippen LogP contribution in [0.25, 0.3) is 0 Å². The molecule has 25 heavy (non-hydrogen) atoms. The largest absolute Gasteiger partial charge is 0.338 e. The molecule has 1 saturated heterocycles. The molecule has 3 rings (SSSR count). The van der Waals surface area contributed by atoms with Crippen molar-refractivity contribution in [2.75, 3.05) is 33.7 Å². The fraction of sp³-hybridized carbons (Fsp3) is 0.450. The van der Waals surface area contributed by atoms with E-state index in [0.29, 0.717) is 18.5 Å². The number of nitrogens with zero attached hydrogens (tertiary/aromatic N) is 2. The summed E-state index contributed by atoms with van der Waals surface area (Å²) in [4.78, 5) is 16.6. The van der Waals surface area contributed by atoms with E-state index in [0.717, 1.165) is 25.9 Å². The van der Waals surface area contributed by atoms with Crippen LogP contribution in [0.2, 0.25) is 0 Å². The lowest BCUT2D eigenvalue weighted by Gasteiger charge is -2.24. The van der Waals surface area contributed by atoms with E-state index >= 15 is 0 Å². The van der Waals surface area contributed by atoms with E-state index in [1.165, 1.54) is 11.1 Å². The number of likely N-dealkylation sites (tertiary alicyclic amines) is 1. The molecular formula is C20H27N3OS. The molecule has 1 aliphatic rings. The molecule has 2 amide bonds. The Labute approximate surface area is 154 Å². The first-order valence-electron chi connectivity index (χ1n) is 8.91. The summed E-state index contributed by atoms with van der Waals surface area (Å²) in [6.45, 7) is 2.36. The minimum atomic E-state index is 0.0706. The van der Waals surface area contributed by atoms with Gasteiger partial charge < -0.3 is 15.1 Å². The minimum Gasteiger partial charge on any atom is -0.338 e. The zero-order valence-electron chi connectivity index (χ0n) is 15.0. The molecule has 5 heteroatoms. The van der Waals surface area contributed by atoms with E-state index < -0.39 is 0 Å². The Morgan fingerprint density at radius 3 is 2.80 bits per heavy atom. The molecule has 2 aromatic rings. The molecule has 1 fully saturated rings. The quantitative estimate of drug-likeness (QED) is 0.850. The van der Waals surface area contributed by atoms with Crippen LogP contribution in [0.4, 0.5) is 4.79 Å². The summed E-state index contributed by atoms with van der Waals surface area (Å²) in [6.07, 6.45) is 1.97. The van der Waals surface area contributed by atoms with Crippen LogP contribution < -0.4 is 5.32 Å². The number of nitrogens with one attached hydrogen (secondary N) is 1. The lowest BCUT2D eigenvalue weighted by Crippen LogP contribution is -2.39. The topological polar surface area (TPSA) is 35.6 Å². The van der Waals surface area contributed by atoms with E-state index in [9.17, 15) is 4.79 Å². The zero-order chi connectivity index (χ0) is 17.6. The highest BCUT2D eigenvalue weighted by atomic mass is 32.1. The van der Waals surface area contributed by atoms with Gasteiger partial charge in [0, 0.05) is 31.6 Å². The lowest BCUT2D eigenvalue weighted by molar-refractivity contribution is 0.205. The van der Waals surface area contributed by atoms with Gasteiger partial charge in [0.15, 0.2) is 0 Å². The maximum atomic E-state index is 12.5. The van der Waals surface area contributed by atoms with E-state index in [2.05, 4.69) is 65.4 Å². The van der Waals surface area contributed by atoms with Crippen molar-refractivity contribution in [3.63, 3.8) is 0 Å². The first-order chi connectivity index (χ1) is 12.1. The summed E-state index contributed by atoms with van der Waals surface area (Å²) >= 11 is 1.72. The number of carbonyl (C=O) groups is 1. The van der Waals surface area contributed by atoms with Crippen LogP contribution in [0.15, 0.2) is 47.2 Å². The number of benzene rings is 1. The predicted octanol–water partition coefficient (Wildman–Crippen LogP) is 3.94. The molecule has 0 saturated carbocycles. The Morgan fingerprint density at radius 1 is 1.32 bits per heavy atom. The van der Waals surface area contributed by atoms with Gasteiger partial charge in [-0.05, 0) is 54.9 Å². The van der Waals surface area contributed by atoms with Gasteiger partial charge in [-0.2, -0.15) is 11.3 Å². The number of amides is 2. The van der Waals surface area contributed by atoms with Crippen molar-refractivity contribution in [3.8, 4) is 0 Å². The second-order valence-electron chi connectivity index (χ2n) is 6.90. The molecule has 0 bridgehead atoms. The van der Waals surface area contributed by atoms with Crippen molar-refractivity contribution in [2.45, 2.75) is 24.8 Å². The summed E-state index contributed by atoms with van der Waals surface area (Å²) < 4.78 is 0. The number of carbonyl (C=O) groups excluding carboxylic acids is 1. The third-order valence-electron chi connectivity index (χ3n) is 4.99. The highest BCUT2D eigenvalue weighted by molar-refractivity contribution is 7.07. The van der Waals surface area contributed by atoms with E-state index in [-0.39, 0.29) is 6.03 Å². The maximum Gasteiger partial charge on any atom is 0.317 e. The predicted molar refractivity (Wildman–Crippen MR) is 104 cm³/mol. The van der Waals surface area contributed by atoms with Crippen LogP contribution in [0.5, 0.6) is 0 Å². The average Bonchev–Trinajstić information content (AvgIpc) is 3.30. The second-order valence-corrected chi connectivity index (χ2v) is 7.68. The van der Waals surface area contributed by atoms with Gasteiger partial charge >= 0.3 is 6.03 Å². The highest BCUT2D eigenvalue weighted by Gasteiger charge is 2.27. The van der Waals surface area contributed by atoms with Crippen molar-refractivity contribution < 1.29 is 4.79 Å². The molecule has 134 valence electrons. The lowest BCUT2D eigenvalue weighted by atomic mass is 9.99. The molecule has 1 aliphatic heterocycles. The number of hydrogen-bond donors (Lipinski definition) is 1. The molecule has 0 radical (unpaired) electrons. The smallest absolute Gasteiger partial charge is 0.317 e. The first kappa shape index (κ1) is 18.0. The van der Waals surface area contributed by atoms with Gasteiger partial charge in [0.05, 0.1) is 0 Å². The molecular weight excluding hydrogens is 330 g/mol. The van der Waals surface area contributed by atoms with E-state index in [1.54, 1.807) is 11.3 Å². The Kier molecular flexibility index (Phi) is 6.10. The minimum absolute atomic E-state index is 0.0706. The third-order valence-corrected chi connectivity index (χ3v) is 5.69. The summed E-state index contributed by atoms with van der Waals surface area (Å²) in [5.41, 5.74) is 2.66. The van der Waals surface area contributed by atoms with Gasteiger partial charge in [-0.25, -0.2) is 4.79 Å². The van der Waals surface area contributed by atoms with Gasteiger partial charge in [-0.15, -0.1) is 0 Å². The molecule has 0 aliphatic carbocycles. The Balaban J connectivity index is 1.47. The number of rotatable bonds is 6. The van der Waals surface area contributed by atoms with Crippen LogP contribution in [-0.4, -0.2) is 49.6 Å². The average molecular weight is 358 g/mol. The zero-order valence-corrected chi connectivity index (χ0v) is 15.8. The molecule has 0 spiro atoms. The molecule has 0 unspecified atom stereocenters. The van der Waals surface area contributed by atoms with Crippen molar-refractivity contribution in [1.82, 2.24) is 15.1 Å². The number of thiophene rings is 1. The van der Waals surface area contributed by atoms with Gasteiger partial charge in [-0.3, -0.25) is 0 Å². The van der Waals surface area contributed by atoms with Crippen molar-refractivity contribution in [3.05, 3.63) is 58.3 Å². The SMILES string of the molecule is CN(C)[C@H](CCNC(=O)N1CC[C@@H](c2ccccc2)C1)c1ccsc1. The van der Waals surface area contributed by atoms with E-state index in [1.807, 2.05) is 11.0 Å². The number of urea groups is 1. The highest BCUT2D eigenvalue weighted by Crippen LogP contribution is 2.27. The van der Waals surface area contributed by atoms with Crippen molar-refractivity contribution in [1.29, 1.82) is 0 Å².